The van der Waals surface area contributed by atoms with Crippen molar-refractivity contribution < 1.29 is 0 Å². The van der Waals surface area contributed by atoms with Crippen LogP contribution in [-0.2, 0) is 0 Å². The lowest BCUT2D eigenvalue weighted by Gasteiger charge is -2.24. The summed E-state index contributed by atoms with van der Waals surface area (Å²) in [4.78, 5) is 4.87. The zero-order chi connectivity index (χ0) is 27.7. The van der Waals surface area contributed by atoms with Crippen LogP contribution >= 0.6 is 0 Å². The molecule has 4 aromatic carbocycles. The quantitative estimate of drug-likeness (QED) is 0.229. The van der Waals surface area contributed by atoms with Crippen molar-refractivity contribution >= 4 is 0 Å². The number of imidazole rings is 1. The lowest BCUT2D eigenvalue weighted by molar-refractivity contribution is 0.807. The standard InChI is InChI=1S/C36H35N3/c1-23(2)32-20-31(28-11-8-7-9-12-28)21-33(24(3)4)35(32)39-16-15-38-36(39)30-14-10-13-29(19-30)34-25(5)17-27(22-37)18-26(34)6/h7-21,23-24H,1-6H3. The van der Waals surface area contributed by atoms with Gasteiger partial charge in [-0.05, 0) is 101 Å². The molecule has 0 aliphatic heterocycles. The minimum atomic E-state index is 0.340. The Morgan fingerprint density at radius 1 is 0.692 bits per heavy atom. The predicted octanol–water partition coefficient (Wildman–Crippen LogP) is 9.61. The number of aryl methyl sites for hydroxylation is 2. The van der Waals surface area contributed by atoms with Crippen LogP contribution < -0.4 is 0 Å². The van der Waals surface area contributed by atoms with Gasteiger partial charge in [-0.3, -0.25) is 4.57 Å². The van der Waals surface area contributed by atoms with Crippen molar-refractivity contribution in [2.45, 2.75) is 53.4 Å². The molecule has 0 fully saturated rings. The van der Waals surface area contributed by atoms with Crippen LogP contribution in [0.3, 0.4) is 0 Å². The van der Waals surface area contributed by atoms with Crippen LogP contribution in [0.5, 0.6) is 0 Å². The Balaban J connectivity index is 1.69. The number of hydrogen-bond acceptors (Lipinski definition) is 2. The van der Waals surface area contributed by atoms with Crippen LogP contribution in [0.2, 0.25) is 0 Å². The van der Waals surface area contributed by atoms with Crippen molar-refractivity contribution in [3.05, 3.63) is 119 Å². The Kier molecular flexibility index (Phi) is 7.22. The molecule has 0 saturated carbocycles. The summed E-state index contributed by atoms with van der Waals surface area (Å²) < 4.78 is 2.27. The lowest BCUT2D eigenvalue weighted by atomic mass is 9.88. The van der Waals surface area contributed by atoms with Crippen LogP contribution in [0, 0.1) is 25.2 Å². The number of rotatable bonds is 6. The van der Waals surface area contributed by atoms with Gasteiger partial charge >= 0.3 is 0 Å². The summed E-state index contributed by atoms with van der Waals surface area (Å²) in [5.74, 6) is 1.61. The van der Waals surface area contributed by atoms with E-state index in [0.717, 1.165) is 28.1 Å². The Labute approximate surface area is 232 Å². The Bertz CT molecular complexity index is 1630. The van der Waals surface area contributed by atoms with Gasteiger partial charge in [-0.15, -0.1) is 0 Å². The number of aromatic nitrogens is 2. The van der Waals surface area contributed by atoms with Crippen molar-refractivity contribution in [2.75, 3.05) is 0 Å². The van der Waals surface area contributed by atoms with E-state index in [2.05, 4.69) is 125 Å². The van der Waals surface area contributed by atoms with E-state index in [1.807, 2.05) is 18.3 Å². The van der Waals surface area contributed by atoms with Gasteiger partial charge in [0.05, 0.1) is 17.3 Å². The largest absolute Gasteiger partial charge is 0.299 e. The molecule has 3 heteroatoms. The number of hydrogen-bond donors (Lipinski definition) is 0. The Hall–Kier alpha value is -4.42. The molecule has 1 aromatic heterocycles. The third-order valence-corrected chi connectivity index (χ3v) is 7.47. The van der Waals surface area contributed by atoms with E-state index < -0.39 is 0 Å². The lowest BCUT2D eigenvalue weighted by Crippen LogP contribution is -2.08. The van der Waals surface area contributed by atoms with Crippen LogP contribution in [-0.4, -0.2) is 9.55 Å². The molecular formula is C36H35N3. The van der Waals surface area contributed by atoms with Crippen molar-refractivity contribution in [1.82, 2.24) is 9.55 Å². The van der Waals surface area contributed by atoms with Crippen LogP contribution in [0.15, 0.2) is 91.3 Å². The molecule has 3 nitrogen and oxygen atoms in total. The fourth-order valence-electron chi connectivity index (χ4n) is 5.63. The fourth-order valence-corrected chi connectivity index (χ4v) is 5.63. The van der Waals surface area contributed by atoms with E-state index in [4.69, 9.17) is 4.98 Å². The molecule has 0 N–H and O–H groups in total. The highest BCUT2D eigenvalue weighted by atomic mass is 15.1. The molecule has 0 radical (unpaired) electrons. The molecule has 0 spiro atoms. The molecular weight excluding hydrogens is 474 g/mol. The summed E-state index contributed by atoms with van der Waals surface area (Å²) in [6.07, 6.45) is 4.00. The first-order valence-corrected chi connectivity index (χ1v) is 13.7. The van der Waals surface area contributed by atoms with E-state index in [-0.39, 0.29) is 0 Å². The van der Waals surface area contributed by atoms with Crippen LogP contribution in [0.4, 0.5) is 0 Å². The van der Waals surface area contributed by atoms with E-state index in [9.17, 15) is 5.26 Å². The molecule has 0 aliphatic rings. The van der Waals surface area contributed by atoms with Crippen molar-refractivity contribution in [2.24, 2.45) is 0 Å². The maximum absolute atomic E-state index is 9.40. The van der Waals surface area contributed by atoms with Gasteiger partial charge in [0, 0.05) is 18.0 Å². The van der Waals surface area contributed by atoms with Gasteiger partial charge in [0.25, 0.3) is 0 Å². The molecule has 39 heavy (non-hydrogen) atoms. The van der Waals surface area contributed by atoms with Gasteiger partial charge in [-0.25, -0.2) is 4.98 Å². The van der Waals surface area contributed by atoms with E-state index in [1.165, 1.54) is 33.5 Å². The van der Waals surface area contributed by atoms with E-state index in [1.54, 1.807) is 0 Å². The first-order valence-electron chi connectivity index (χ1n) is 13.7. The second kappa shape index (κ2) is 10.8. The molecule has 194 valence electrons. The first kappa shape index (κ1) is 26.2. The fraction of sp³-hybridized carbons (Fsp3) is 0.222. The van der Waals surface area contributed by atoms with Crippen molar-refractivity contribution in [1.29, 1.82) is 5.26 Å². The zero-order valence-electron chi connectivity index (χ0n) is 23.7. The third kappa shape index (κ3) is 5.03. The summed E-state index contributed by atoms with van der Waals surface area (Å²) in [5, 5.41) is 9.40. The molecule has 0 saturated heterocycles. The maximum Gasteiger partial charge on any atom is 0.144 e. The van der Waals surface area contributed by atoms with Gasteiger partial charge in [-0.1, -0.05) is 76.2 Å². The van der Waals surface area contributed by atoms with Crippen LogP contribution in [0.1, 0.15) is 67.3 Å². The molecule has 0 aliphatic carbocycles. The topological polar surface area (TPSA) is 41.6 Å². The monoisotopic (exact) mass is 509 g/mol. The summed E-state index contributed by atoms with van der Waals surface area (Å²) in [5.41, 5.74) is 12.6. The summed E-state index contributed by atoms with van der Waals surface area (Å²) >= 11 is 0. The SMILES string of the molecule is Cc1cc(C#N)cc(C)c1-c1cccc(-c2nccn2-c2c(C(C)C)cc(-c3ccccc3)cc2C(C)C)c1. The highest BCUT2D eigenvalue weighted by Gasteiger charge is 2.21. The minimum Gasteiger partial charge on any atom is -0.299 e. The molecule has 0 bridgehead atoms. The van der Waals surface area contributed by atoms with Crippen molar-refractivity contribution in [3.8, 4) is 45.4 Å². The second-order valence-corrected chi connectivity index (χ2v) is 11.0. The Morgan fingerprint density at radius 2 is 1.28 bits per heavy atom. The molecule has 5 rings (SSSR count). The summed E-state index contributed by atoms with van der Waals surface area (Å²) in [6.45, 7) is 13.2. The highest BCUT2D eigenvalue weighted by molar-refractivity contribution is 5.77. The average Bonchev–Trinajstić information content (AvgIpc) is 3.42. The highest BCUT2D eigenvalue weighted by Crippen LogP contribution is 2.38. The summed E-state index contributed by atoms with van der Waals surface area (Å²) in [7, 11) is 0. The number of benzene rings is 4. The second-order valence-electron chi connectivity index (χ2n) is 11.0. The third-order valence-electron chi connectivity index (χ3n) is 7.47. The molecule has 1 heterocycles. The predicted molar refractivity (Wildman–Crippen MR) is 162 cm³/mol. The normalized spacial score (nSPS) is 11.3. The van der Waals surface area contributed by atoms with Gasteiger partial charge in [0.2, 0.25) is 0 Å². The number of nitrogens with zero attached hydrogens (tertiary/aromatic N) is 3. The molecule has 0 amide bonds. The Morgan fingerprint density at radius 3 is 1.87 bits per heavy atom. The molecule has 0 unspecified atom stereocenters. The van der Waals surface area contributed by atoms with Crippen LogP contribution in [0.25, 0.3) is 39.3 Å². The minimum absolute atomic E-state index is 0.340. The first-order chi connectivity index (χ1) is 18.8. The van der Waals surface area contributed by atoms with Gasteiger partial charge < -0.3 is 0 Å². The zero-order valence-corrected chi connectivity index (χ0v) is 23.7. The molecule has 0 atom stereocenters. The molecule has 5 aromatic rings. The number of nitriles is 1. The van der Waals surface area contributed by atoms with E-state index >= 15 is 0 Å². The van der Waals surface area contributed by atoms with Gasteiger partial charge in [0.1, 0.15) is 5.82 Å². The smallest absolute Gasteiger partial charge is 0.144 e. The average molecular weight is 510 g/mol. The summed E-state index contributed by atoms with van der Waals surface area (Å²) in [6, 6.07) is 30.2. The van der Waals surface area contributed by atoms with Gasteiger partial charge in [-0.2, -0.15) is 5.26 Å². The van der Waals surface area contributed by atoms with E-state index in [0.29, 0.717) is 17.4 Å². The van der Waals surface area contributed by atoms with Crippen molar-refractivity contribution in [3.63, 3.8) is 0 Å². The van der Waals surface area contributed by atoms with Gasteiger partial charge in [0.15, 0.2) is 0 Å². The maximum atomic E-state index is 9.40.